The molecule has 0 radical (unpaired) electrons. The molecule has 0 saturated carbocycles. The summed E-state index contributed by atoms with van der Waals surface area (Å²) >= 11 is 0. The van der Waals surface area contributed by atoms with Crippen LogP contribution in [0, 0.1) is 0 Å². The third-order valence-corrected chi connectivity index (χ3v) is 5.68. The van der Waals surface area contributed by atoms with Gasteiger partial charge in [-0.25, -0.2) is 0 Å². The molecule has 178 valence electrons. The summed E-state index contributed by atoms with van der Waals surface area (Å²) < 4.78 is 10.4. The zero-order valence-electron chi connectivity index (χ0n) is 20.0. The van der Waals surface area contributed by atoms with Gasteiger partial charge in [0.05, 0.1) is 14.2 Å². The predicted molar refractivity (Wildman–Crippen MR) is 133 cm³/mol. The van der Waals surface area contributed by atoms with E-state index in [2.05, 4.69) is 5.32 Å². The molecular formula is C28H32N2O4. The average molecular weight is 461 g/mol. The monoisotopic (exact) mass is 460 g/mol. The van der Waals surface area contributed by atoms with Crippen LogP contribution in [-0.4, -0.2) is 37.5 Å². The van der Waals surface area contributed by atoms with Crippen LogP contribution in [0.25, 0.3) is 0 Å². The van der Waals surface area contributed by atoms with E-state index >= 15 is 0 Å². The second-order valence-electron chi connectivity index (χ2n) is 7.93. The highest BCUT2D eigenvalue weighted by molar-refractivity contribution is 5.88. The number of nitrogens with one attached hydrogen (secondary N) is 1. The Balaban J connectivity index is 1.79. The molecule has 1 atom stereocenters. The highest BCUT2D eigenvalue weighted by atomic mass is 16.5. The number of carbonyl (C=O) groups is 2. The van der Waals surface area contributed by atoms with Crippen molar-refractivity contribution in [1.29, 1.82) is 0 Å². The summed E-state index contributed by atoms with van der Waals surface area (Å²) in [6.45, 7) is 2.60. The maximum atomic E-state index is 13.4. The van der Waals surface area contributed by atoms with Crippen molar-refractivity contribution in [3.8, 4) is 11.5 Å². The molecule has 3 rings (SSSR count). The van der Waals surface area contributed by atoms with Crippen molar-refractivity contribution in [1.82, 2.24) is 10.2 Å². The van der Waals surface area contributed by atoms with Crippen molar-refractivity contribution in [2.24, 2.45) is 0 Å². The molecular weight excluding hydrogens is 428 g/mol. The summed E-state index contributed by atoms with van der Waals surface area (Å²) in [5.41, 5.74) is 2.80. The molecule has 0 heterocycles. The van der Waals surface area contributed by atoms with Crippen LogP contribution in [0.3, 0.4) is 0 Å². The van der Waals surface area contributed by atoms with Gasteiger partial charge in [0.1, 0.15) is 17.5 Å². The summed E-state index contributed by atoms with van der Waals surface area (Å²) in [4.78, 5) is 28.1. The highest BCUT2D eigenvalue weighted by Crippen LogP contribution is 2.25. The lowest BCUT2D eigenvalue weighted by Crippen LogP contribution is -2.43. The van der Waals surface area contributed by atoms with E-state index in [9.17, 15) is 9.59 Å². The molecule has 3 aromatic carbocycles. The van der Waals surface area contributed by atoms with Gasteiger partial charge in [-0.2, -0.15) is 0 Å². The van der Waals surface area contributed by atoms with E-state index < -0.39 is 6.04 Å². The summed E-state index contributed by atoms with van der Waals surface area (Å²) in [6, 6.07) is 24.0. The minimum absolute atomic E-state index is 0.0880. The Kier molecular flexibility index (Phi) is 9.09. The number of carbonyl (C=O) groups excluding carboxylic acids is 2. The zero-order valence-corrected chi connectivity index (χ0v) is 20.0. The maximum absolute atomic E-state index is 13.4. The van der Waals surface area contributed by atoms with E-state index in [1.54, 1.807) is 19.1 Å². The largest absolute Gasteiger partial charge is 0.497 e. The molecule has 0 spiro atoms. The molecule has 0 aliphatic rings. The molecule has 0 aliphatic heterocycles. The zero-order chi connectivity index (χ0) is 24.3. The van der Waals surface area contributed by atoms with Gasteiger partial charge in [0.25, 0.3) is 0 Å². The van der Waals surface area contributed by atoms with Crippen LogP contribution in [0.2, 0.25) is 0 Å². The number of benzene rings is 3. The van der Waals surface area contributed by atoms with E-state index in [1.807, 2.05) is 85.8 Å². The SMILES string of the molecule is CCC(=O)N(Cc1ccc(OC)cc1)C(C(=O)NCCc1ccc(OC)cc1)c1ccccc1. The number of hydrogen-bond donors (Lipinski definition) is 1. The quantitative estimate of drug-likeness (QED) is 0.456. The van der Waals surface area contributed by atoms with Gasteiger partial charge in [0.2, 0.25) is 11.8 Å². The van der Waals surface area contributed by atoms with Crippen molar-refractivity contribution >= 4 is 11.8 Å². The normalized spacial score (nSPS) is 11.4. The summed E-state index contributed by atoms with van der Waals surface area (Å²) in [5.74, 6) is 1.25. The first kappa shape index (κ1) is 24.8. The van der Waals surface area contributed by atoms with E-state index in [4.69, 9.17) is 9.47 Å². The molecule has 0 fully saturated rings. The lowest BCUT2D eigenvalue weighted by molar-refractivity contribution is -0.141. The molecule has 0 bridgehead atoms. The lowest BCUT2D eigenvalue weighted by Gasteiger charge is -2.31. The van der Waals surface area contributed by atoms with E-state index in [1.165, 1.54) is 0 Å². The maximum Gasteiger partial charge on any atom is 0.247 e. The fourth-order valence-corrected chi connectivity index (χ4v) is 3.78. The number of amides is 2. The fourth-order valence-electron chi connectivity index (χ4n) is 3.78. The van der Waals surface area contributed by atoms with Crippen LogP contribution in [-0.2, 0) is 22.6 Å². The second-order valence-corrected chi connectivity index (χ2v) is 7.93. The Morgan fingerprint density at radius 2 is 1.38 bits per heavy atom. The van der Waals surface area contributed by atoms with Crippen molar-refractivity contribution in [2.45, 2.75) is 32.4 Å². The summed E-state index contributed by atoms with van der Waals surface area (Å²) in [7, 11) is 3.25. The van der Waals surface area contributed by atoms with Gasteiger partial charge < -0.3 is 19.7 Å². The molecule has 0 aromatic heterocycles. The first-order chi connectivity index (χ1) is 16.5. The second kappa shape index (κ2) is 12.4. The number of hydrogen-bond acceptors (Lipinski definition) is 4. The van der Waals surface area contributed by atoms with Gasteiger partial charge in [-0.05, 0) is 47.4 Å². The van der Waals surface area contributed by atoms with E-state index in [0.717, 1.165) is 28.2 Å². The van der Waals surface area contributed by atoms with Crippen LogP contribution in [0.1, 0.15) is 36.1 Å². The van der Waals surface area contributed by atoms with Crippen LogP contribution >= 0.6 is 0 Å². The Morgan fingerprint density at radius 3 is 1.91 bits per heavy atom. The molecule has 2 amide bonds. The van der Waals surface area contributed by atoms with Crippen molar-refractivity contribution in [2.75, 3.05) is 20.8 Å². The highest BCUT2D eigenvalue weighted by Gasteiger charge is 2.30. The minimum Gasteiger partial charge on any atom is -0.497 e. The number of ether oxygens (including phenoxy) is 2. The summed E-state index contributed by atoms with van der Waals surface area (Å²) in [5, 5.41) is 3.04. The predicted octanol–water partition coefficient (Wildman–Crippen LogP) is 4.54. The first-order valence-corrected chi connectivity index (χ1v) is 11.4. The van der Waals surface area contributed by atoms with Gasteiger partial charge in [-0.15, -0.1) is 0 Å². The van der Waals surface area contributed by atoms with E-state index in [0.29, 0.717) is 25.9 Å². The Morgan fingerprint density at radius 1 is 0.824 bits per heavy atom. The first-order valence-electron chi connectivity index (χ1n) is 11.4. The smallest absolute Gasteiger partial charge is 0.247 e. The van der Waals surface area contributed by atoms with Gasteiger partial charge in [-0.1, -0.05) is 61.5 Å². The number of rotatable bonds is 11. The Hall–Kier alpha value is -3.80. The van der Waals surface area contributed by atoms with E-state index in [-0.39, 0.29) is 11.8 Å². The number of methoxy groups -OCH3 is 2. The van der Waals surface area contributed by atoms with Gasteiger partial charge in [0, 0.05) is 19.5 Å². The molecule has 1 unspecified atom stereocenters. The Labute approximate surface area is 201 Å². The van der Waals surface area contributed by atoms with Gasteiger partial charge >= 0.3 is 0 Å². The van der Waals surface area contributed by atoms with Crippen molar-refractivity contribution in [3.63, 3.8) is 0 Å². The topological polar surface area (TPSA) is 67.9 Å². The van der Waals surface area contributed by atoms with Gasteiger partial charge in [0.15, 0.2) is 0 Å². The molecule has 0 aliphatic carbocycles. The number of nitrogens with zero attached hydrogens (tertiary/aromatic N) is 1. The van der Waals surface area contributed by atoms with Crippen LogP contribution in [0.4, 0.5) is 0 Å². The van der Waals surface area contributed by atoms with Crippen molar-refractivity contribution in [3.05, 3.63) is 95.6 Å². The standard InChI is InChI=1S/C28H32N2O4/c1-4-26(31)30(20-22-12-16-25(34-3)17-13-22)27(23-8-6-5-7-9-23)28(32)29-19-18-21-10-14-24(33-2)15-11-21/h5-17,27H,4,18-20H2,1-3H3,(H,29,32). The van der Waals surface area contributed by atoms with Crippen LogP contribution < -0.4 is 14.8 Å². The van der Waals surface area contributed by atoms with Gasteiger partial charge in [-0.3, -0.25) is 9.59 Å². The summed E-state index contributed by atoms with van der Waals surface area (Å²) in [6.07, 6.45) is 0.982. The van der Waals surface area contributed by atoms with Crippen LogP contribution in [0.5, 0.6) is 11.5 Å². The average Bonchev–Trinajstić information content (AvgIpc) is 2.89. The third-order valence-electron chi connectivity index (χ3n) is 5.68. The third kappa shape index (κ3) is 6.61. The molecule has 3 aromatic rings. The molecule has 0 saturated heterocycles. The van der Waals surface area contributed by atoms with Crippen LogP contribution in [0.15, 0.2) is 78.9 Å². The molecule has 6 heteroatoms. The molecule has 34 heavy (non-hydrogen) atoms. The Bertz CT molecular complexity index is 1050. The fraction of sp³-hybridized carbons (Fsp3) is 0.286. The lowest BCUT2D eigenvalue weighted by atomic mass is 10.0. The molecule has 6 nitrogen and oxygen atoms in total. The minimum atomic E-state index is -0.730. The van der Waals surface area contributed by atoms with Crippen molar-refractivity contribution < 1.29 is 19.1 Å². The molecule has 1 N–H and O–H groups in total.